The van der Waals surface area contributed by atoms with E-state index >= 15 is 0 Å². The molecular formula is C81H156N10O13S. The maximum atomic E-state index is 14.5. The fourth-order valence-corrected chi connectivity index (χ4v) is 13.9. The summed E-state index contributed by atoms with van der Waals surface area (Å²) in [6.07, 6.45) is 48.7. The van der Waals surface area contributed by atoms with Crippen LogP contribution >= 0.6 is 11.8 Å². The molecule has 16 N–H and O–H groups in total. The highest BCUT2D eigenvalue weighted by Crippen LogP contribution is 2.20. The third-order valence-electron chi connectivity index (χ3n) is 19.6. The highest BCUT2D eigenvalue weighted by atomic mass is 32.2. The number of thioether (sulfide) groups is 1. The number of nitrogens with one attached hydrogen (secondary N) is 6. The number of aliphatic hydroxyl groups excluding tert-OH is 1. The van der Waals surface area contributed by atoms with Crippen LogP contribution in [-0.4, -0.2) is 157 Å². The Morgan fingerprint density at radius 1 is 0.314 bits per heavy atom. The maximum Gasteiger partial charge on any atom is 0.326 e. The van der Waals surface area contributed by atoms with Crippen molar-refractivity contribution in [2.45, 2.75) is 410 Å². The van der Waals surface area contributed by atoms with Gasteiger partial charge in [0.2, 0.25) is 35.4 Å². The number of carboxylic acid groups (broad SMARTS) is 1. The van der Waals surface area contributed by atoms with Crippen LogP contribution in [0.1, 0.15) is 367 Å². The summed E-state index contributed by atoms with van der Waals surface area (Å²) in [6.45, 7) is 6.81. The lowest BCUT2D eigenvalue weighted by atomic mass is 10.0. The number of hydrogen-bond donors (Lipinski definition) is 12. The minimum Gasteiger partial charge on any atom is -0.480 e. The summed E-state index contributed by atoms with van der Waals surface area (Å²) in [6, 6.07) is -7.86. The molecule has 0 aliphatic rings. The molecule has 105 heavy (non-hydrogen) atoms. The van der Waals surface area contributed by atoms with Crippen LogP contribution < -0.4 is 54.8 Å². The molecule has 24 heteroatoms. The maximum absolute atomic E-state index is 14.5. The van der Waals surface area contributed by atoms with Crippen molar-refractivity contribution in [1.29, 1.82) is 0 Å². The van der Waals surface area contributed by atoms with Gasteiger partial charge in [-0.15, -0.1) is 0 Å². The van der Waals surface area contributed by atoms with E-state index in [9.17, 15) is 53.4 Å². The van der Waals surface area contributed by atoms with Gasteiger partial charge in [0.25, 0.3) is 0 Å². The first-order chi connectivity index (χ1) is 51.0. The molecule has 0 rings (SSSR count). The first kappa shape index (κ1) is 100. The summed E-state index contributed by atoms with van der Waals surface area (Å²) >= 11 is 1.20. The number of esters is 2. The second-order valence-corrected chi connectivity index (χ2v) is 30.5. The number of carboxylic acids is 1. The van der Waals surface area contributed by atoms with Crippen LogP contribution in [-0.2, 0) is 52.6 Å². The molecule has 0 aromatic carbocycles. The number of aliphatic hydroxyl groups is 1. The third kappa shape index (κ3) is 59.9. The van der Waals surface area contributed by atoms with Crippen molar-refractivity contribution in [2.75, 3.05) is 50.9 Å². The van der Waals surface area contributed by atoms with Gasteiger partial charge >= 0.3 is 17.9 Å². The fourth-order valence-electron chi connectivity index (χ4n) is 12.9. The predicted molar refractivity (Wildman–Crippen MR) is 427 cm³/mol. The Hall–Kier alpha value is -4.62. The van der Waals surface area contributed by atoms with Gasteiger partial charge in [0.15, 0.2) is 0 Å². The molecule has 23 nitrogen and oxygen atoms in total. The van der Waals surface area contributed by atoms with E-state index in [-0.39, 0.29) is 82.1 Å². The normalized spacial score (nSPS) is 13.4. The van der Waals surface area contributed by atoms with Crippen LogP contribution in [0.5, 0.6) is 0 Å². The van der Waals surface area contributed by atoms with E-state index in [1.165, 1.54) is 179 Å². The van der Waals surface area contributed by atoms with E-state index in [2.05, 4.69) is 52.7 Å². The molecule has 0 aliphatic carbocycles. The number of rotatable bonds is 78. The van der Waals surface area contributed by atoms with Gasteiger partial charge in [-0.25, -0.2) is 4.79 Å². The quantitative estimate of drug-likeness (QED) is 0.0199. The topological polar surface area (TPSA) is 389 Å². The molecule has 0 aromatic rings. The molecule has 6 amide bonds. The number of carbonyl (C=O) groups excluding carboxylic acids is 8. The number of unbranched alkanes of at least 4 members (excludes halogenated alkanes) is 40. The van der Waals surface area contributed by atoms with Crippen molar-refractivity contribution in [3.63, 3.8) is 0 Å². The van der Waals surface area contributed by atoms with E-state index in [1.54, 1.807) is 0 Å². The van der Waals surface area contributed by atoms with Crippen LogP contribution in [0.15, 0.2) is 0 Å². The van der Waals surface area contributed by atoms with Gasteiger partial charge in [-0.1, -0.05) is 252 Å². The molecule has 0 aliphatic heterocycles. The summed E-state index contributed by atoms with van der Waals surface area (Å²) in [5, 5.41) is 36.9. The minimum atomic E-state index is -1.62. The molecule has 614 valence electrons. The number of ether oxygens (including phenoxy) is 2. The largest absolute Gasteiger partial charge is 0.480 e. The summed E-state index contributed by atoms with van der Waals surface area (Å²) < 4.78 is 11.8. The van der Waals surface area contributed by atoms with Crippen LogP contribution in [0.2, 0.25) is 0 Å². The molecule has 1 unspecified atom stereocenters. The lowest BCUT2D eigenvalue weighted by Gasteiger charge is -2.27. The zero-order valence-corrected chi connectivity index (χ0v) is 67.3. The van der Waals surface area contributed by atoms with E-state index in [0.717, 1.165) is 64.2 Å². The van der Waals surface area contributed by atoms with Gasteiger partial charge in [-0.2, -0.15) is 11.8 Å². The van der Waals surface area contributed by atoms with Crippen LogP contribution in [0.4, 0.5) is 0 Å². The Balaban J connectivity index is 6.62. The minimum absolute atomic E-state index is 0.0390. The van der Waals surface area contributed by atoms with E-state index in [1.807, 2.05) is 0 Å². The molecule has 0 saturated carbocycles. The molecule has 0 aromatic heterocycles. The summed E-state index contributed by atoms with van der Waals surface area (Å²) in [4.78, 5) is 124. The molecule has 0 radical (unpaired) electrons. The Kier molecular flexibility index (Phi) is 70.3. The van der Waals surface area contributed by atoms with Crippen molar-refractivity contribution in [2.24, 2.45) is 22.9 Å². The van der Waals surface area contributed by atoms with Gasteiger partial charge in [0.1, 0.15) is 49.0 Å². The van der Waals surface area contributed by atoms with Gasteiger partial charge in [0, 0.05) is 30.8 Å². The molecule has 0 heterocycles. The van der Waals surface area contributed by atoms with Crippen molar-refractivity contribution in [1.82, 2.24) is 31.9 Å². The summed E-state index contributed by atoms with van der Waals surface area (Å²) in [7, 11) is 0. The van der Waals surface area contributed by atoms with Crippen molar-refractivity contribution in [3.05, 3.63) is 0 Å². The summed E-state index contributed by atoms with van der Waals surface area (Å²) in [5.41, 5.74) is 23.1. The average Bonchev–Trinajstić information content (AvgIpc) is 0.864. The van der Waals surface area contributed by atoms with Gasteiger partial charge in [-0.3, -0.25) is 38.4 Å². The van der Waals surface area contributed by atoms with Crippen LogP contribution in [0.3, 0.4) is 0 Å². The standard InChI is InChI=1S/C81H156N10O13S/c1-4-7-10-13-16-19-22-25-28-31-34-37-40-55-73(93)86-72(65-105-64-66(104-75(95)57-42-39-36-33-30-27-24-21-18-15-12-9-6-3)63-103-74(94)56-41-38-35-32-29-26-23-20-17-14-11-8-5-2)80(100)91-71(62-92)79(99)89-68(52-44-48-59-83)77(97)87-67(51-43-47-58-82)76(96)88-69(53-45-49-60-84)78(98)90-70(81(101)102)54-46-50-61-85/h66-72,92H,4-65,82-85H2,1-3H3,(H,86,93)(H,87,97)(H,88,96)(H,89,99)(H,90,98)(H,91,100)(H,101,102)/t66-,67+,68?,69+,70+,71+,72-/m1/s1. The third-order valence-corrected chi connectivity index (χ3v) is 20.7. The zero-order chi connectivity index (χ0) is 77.4. The zero-order valence-electron chi connectivity index (χ0n) is 66.5. The predicted octanol–water partition coefficient (Wildman–Crippen LogP) is 13.1. The molecular weight excluding hydrogens is 1350 g/mol. The van der Waals surface area contributed by atoms with Crippen LogP contribution in [0, 0.1) is 0 Å². The van der Waals surface area contributed by atoms with Crippen molar-refractivity contribution < 1.29 is 62.8 Å². The van der Waals surface area contributed by atoms with Crippen LogP contribution in [0.25, 0.3) is 0 Å². The summed E-state index contributed by atoms with van der Waals surface area (Å²) in [5.74, 6) is -6.35. The first-order valence-corrected chi connectivity index (χ1v) is 43.6. The molecule has 0 spiro atoms. The van der Waals surface area contributed by atoms with E-state index in [4.69, 9.17) is 32.4 Å². The molecule has 0 bridgehead atoms. The Bertz CT molecular complexity index is 2170. The SMILES string of the molecule is CCCCCCCCCCCCCCCC(=O)N[C@H](CSC[C@@H](COC(=O)CCCCCCCCCCCCCCC)OC(=O)CCCCCCCCCCCCCCC)C(=O)N[C@@H](CO)C(=O)NC(CCCCN)C(=O)N[C@@H](CCCCN)C(=O)N[C@@H](CCCCN)C(=O)N[C@@H](CCCCN)C(=O)O. The van der Waals surface area contributed by atoms with Crippen molar-refractivity contribution >= 4 is 65.1 Å². The van der Waals surface area contributed by atoms with Gasteiger partial charge in [0.05, 0.1) is 6.61 Å². The Morgan fingerprint density at radius 2 is 0.590 bits per heavy atom. The number of carbonyl (C=O) groups is 9. The number of hydrogen-bond acceptors (Lipinski definition) is 17. The fraction of sp³-hybridized carbons (Fsp3) is 0.889. The van der Waals surface area contributed by atoms with E-state index in [0.29, 0.717) is 83.7 Å². The second kappa shape index (κ2) is 73.5. The van der Waals surface area contributed by atoms with E-state index < -0.39 is 96.3 Å². The Labute approximate surface area is 640 Å². The molecule has 7 atom stereocenters. The highest BCUT2D eigenvalue weighted by molar-refractivity contribution is 7.99. The molecule has 0 saturated heterocycles. The number of amides is 6. The monoisotopic (exact) mass is 1510 g/mol. The van der Waals surface area contributed by atoms with Gasteiger partial charge < -0.3 is 74.5 Å². The van der Waals surface area contributed by atoms with Gasteiger partial charge in [-0.05, 0) is 122 Å². The van der Waals surface area contributed by atoms with Crippen molar-refractivity contribution in [3.8, 4) is 0 Å². The average molecular weight is 1510 g/mol. The first-order valence-electron chi connectivity index (χ1n) is 42.4. The number of aliphatic carboxylic acids is 1. The second-order valence-electron chi connectivity index (χ2n) is 29.4. The highest BCUT2D eigenvalue weighted by Gasteiger charge is 2.34. The molecule has 0 fully saturated rings. The smallest absolute Gasteiger partial charge is 0.326 e. The Morgan fingerprint density at radius 3 is 0.914 bits per heavy atom. The lowest BCUT2D eigenvalue weighted by Crippen LogP contribution is -2.60. The lowest BCUT2D eigenvalue weighted by molar-refractivity contribution is -0.157. The number of nitrogens with two attached hydrogens (primary N) is 4.